The van der Waals surface area contributed by atoms with E-state index < -0.39 is 17.6 Å². The molecule has 0 heterocycles. The van der Waals surface area contributed by atoms with Crippen LogP contribution in [-0.4, -0.2) is 20.1 Å². The Morgan fingerprint density at radius 2 is 1.89 bits per heavy atom. The van der Waals surface area contributed by atoms with Crippen molar-refractivity contribution in [3.05, 3.63) is 58.7 Å². The van der Waals surface area contributed by atoms with Crippen LogP contribution in [0.4, 0.5) is 18.9 Å². The third-order valence-electron chi connectivity index (χ3n) is 3.92. The van der Waals surface area contributed by atoms with Gasteiger partial charge in [-0.25, -0.2) is 0 Å². The number of alkyl halides is 3. The minimum Gasteiger partial charge on any atom is -0.496 e. The highest BCUT2D eigenvalue weighted by molar-refractivity contribution is 6.09. The Bertz CT molecular complexity index is 960. The van der Waals surface area contributed by atoms with Crippen LogP contribution in [0.25, 0.3) is 6.08 Å². The highest BCUT2D eigenvalue weighted by Crippen LogP contribution is 2.33. The van der Waals surface area contributed by atoms with Crippen molar-refractivity contribution in [2.75, 3.05) is 19.5 Å². The van der Waals surface area contributed by atoms with Crippen molar-refractivity contribution in [2.24, 2.45) is 0 Å². The number of amides is 1. The average molecular weight is 390 g/mol. The van der Waals surface area contributed by atoms with Crippen molar-refractivity contribution in [2.45, 2.75) is 13.1 Å². The normalized spacial score (nSPS) is 11.5. The number of nitriles is 1. The summed E-state index contributed by atoms with van der Waals surface area (Å²) in [5.74, 6) is 0.150. The molecule has 0 atom stereocenters. The number of rotatable bonds is 5. The third kappa shape index (κ3) is 4.62. The number of nitrogens with zero attached hydrogens (tertiary/aromatic N) is 1. The van der Waals surface area contributed by atoms with Crippen LogP contribution in [0.15, 0.2) is 42.0 Å². The van der Waals surface area contributed by atoms with E-state index in [0.29, 0.717) is 22.6 Å². The molecule has 0 saturated heterocycles. The van der Waals surface area contributed by atoms with Crippen LogP contribution in [0.5, 0.6) is 11.5 Å². The molecule has 0 radical (unpaired) electrons. The second-order valence-electron chi connectivity index (χ2n) is 5.72. The number of ether oxygens (including phenoxy) is 2. The summed E-state index contributed by atoms with van der Waals surface area (Å²) in [6, 6.07) is 9.19. The van der Waals surface area contributed by atoms with Gasteiger partial charge in [0.1, 0.15) is 23.1 Å². The molecule has 0 aromatic heterocycles. The maximum atomic E-state index is 12.8. The molecular weight excluding hydrogens is 373 g/mol. The largest absolute Gasteiger partial charge is 0.496 e. The van der Waals surface area contributed by atoms with E-state index in [-0.39, 0.29) is 11.3 Å². The van der Waals surface area contributed by atoms with Gasteiger partial charge in [0.2, 0.25) is 0 Å². The predicted octanol–water partition coefficient (Wildman–Crippen LogP) is 4.58. The van der Waals surface area contributed by atoms with Crippen molar-refractivity contribution in [1.82, 2.24) is 0 Å². The Morgan fingerprint density at radius 1 is 1.18 bits per heavy atom. The number of anilines is 1. The van der Waals surface area contributed by atoms with Crippen molar-refractivity contribution < 1.29 is 27.4 Å². The molecule has 1 N–H and O–H groups in total. The summed E-state index contributed by atoms with van der Waals surface area (Å²) in [6.07, 6.45) is -3.24. The van der Waals surface area contributed by atoms with Gasteiger partial charge in [0.05, 0.1) is 19.8 Å². The first kappa shape index (κ1) is 20.8. The van der Waals surface area contributed by atoms with Crippen molar-refractivity contribution in [3.8, 4) is 17.6 Å². The Balaban J connectivity index is 2.35. The summed E-state index contributed by atoms with van der Waals surface area (Å²) in [7, 11) is 2.94. The number of carbonyl (C=O) groups is 1. The lowest BCUT2D eigenvalue weighted by Crippen LogP contribution is -2.14. The zero-order valence-electron chi connectivity index (χ0n) is 15.3. The number of hydrogen-bond acceptors (Lipinski definition) is 4. The maximum Gasteiger partial charge on any atom is 0.416 e. The Hall–Kier alpha value is -3.47. The van der Waals surface area contributed by atoms with Gasteiger partial charge in [-0.3, -0.25) is 4.79 Å². The Labute approximate surface area is 160 Å². The number of hydrogen-bond donors (Lipinski definition) is 1. The monoisotopic (exact) mass is 390 g/mol. The molecule has 0 aliphatic carbocycles. The molecule has 2 aromatic rings. The van der Waals surface area contributed by atoms with E-state index in [9.17, 15) is 23.2 Å². The maximum absolute atomic E-state index is 12.8. The van der Waals surface area contributed by atoms with Gasteiger partial charge in [-0.1, -0.05) is 6.07 Å². The fourth-order valence-corrected chi connectivity index (χ4v) is 2.58. The molecule has 0 saturated carbocycles. The number of nitrogens with one attached hydrogen (secondary N) is 1. The lowest BCUT2D eigenvalue weighted by Gasteiger charge is -2.13. The molecule has 146 valence electrons. The first-order chi connectivity index (χ1) is 13.2. The molecule has 0 bridgehead atoms. The quantitative estimate of drug-likeness (QED) is 0.599. The summed E-state index contributed by atoms with van der Waals surface area (Å²) in [5, 5.41) is 11.6. The summed E-state index contributed by atoms with van der Waals surface area (Å²) in [4.78, 5) is 12.4. The molecule has 5 nitrogen and oxygen atoms in total. The topological polar surface area (TPSA) is 71.3 Å². The lowest BCUT2D eigenvalue weighted by atomic mass is 10.1. The van der Waals surface area contributed by atoms with Gasteiger partial charge < -0.3 is 14.8 Å². The standard InChI is InChI=1S/C20H17F3N2O3/c1-12-17(27-2)8-7-13(18(12)28-3)9-14(11-24)19(26)25-16-6-4-5-15(10-16)20(21,22)23/h4-10H,1-3H3,(H,25,26)/b14-9-. The SMILES string of the molecule is COc1ccc(/C=C(/C#N)C(=O)Nc2cccc(C(F)(F)F)c2)c(OC)c1C. The molecular formula is C20H17F3N2O3. The molecule has 0 spiro atoms. The number of methoxy groups -OCH3 is 2. The van der Waals surface area contributed by atoms with Crippen LogP contribution in [-0.2, 0) is 11.0 Å². The van der Waals surface area contributed by atoms with Crippen LogP contribution in [0.1, 0.15) is 16.7 Å². The third-order valence-corrected chi connectivity index (χ3v) is 3.92. The number of carbonyl (C=O) groups excluding carboxylic acids is 1. The molecule has 2 aromatic carbocycles. The van der Waals surface area contributed by atoms with Gasteiger partial charge in [0, 0.05) is 16.8 Å². The summed E-state index contributed by atoms with van der Waals surface area (Å²) < 4.78 is 48.9. The van der Waals surface area contributed by atoms with E-state index in [1.165, 1.54) is 32.4 Å². The summed E-state index contributed by atoms with van der Waals surface area (Å²) in [6.45, 7) is 1.75. The van der Waals surface area contributed by atoms with E-state index in [1.807, 2.05) is 0 Å². The van der Waals surface area contributed by atoms with Crippen molar-refractivity contribution >= 4 is 17.7 Å². The summed E-state index contributed by atoms with van der Waals surface area (Å²) in [5.41, 5.74) is -0.134. The molecule has 0 aliphatic heterocycles. The highest BCUT2D eigenvalue weighted by atomic mass is 19.4. The fraction of sp³-hybridized carbons (Fsp3) is 0.200. The molecule has 8 heteroatoms. The number of halogens is 3. The smallest absolute Gasteiger partial charge is 0.416 e. The van der Waals surface area contributed by atoms with Crippen LogP contribution in [0.2, 0.25) is 0 Å². The second kappa shape index (κ2) is 8.48. The molecule has 2 rings (SSSR count). The Morgan fingerprint density at radius 3 is 2.46 bits per heavy atom. The van der Waals surface area contributed by atoms with Gasteiger partial charge >= 0.3 is 6.18 Å². The van der Waals surface area contributed by atoms with E-state index in [1.54, 1.807) is 25.1 Å². The van der Waals surface area contributed by atoms with Crippen LogP contribution in [0.3, 0.4) is 0 Å². The van der Waals surface area contributed by atoms with Crippen LogP contribution >= 0.6 is 0 Å². The van der Waals surface area contributed by atoms with Gasteiger partial charge in [-0.15, -0.1) is 0 Å². The van der Waals surface area contributed by atoms with Crippen molar-refractivity contribution in [3.63, 3.8) is 0 Å². The number of benzene rings is 2. The minimum atomic E-state index is -4.54. The van der Waals surface area contributed by atoms with Gasteiger partial charge in [0.15, 0.2) is 0 Å². The Kier molecular flexibility index (Phi) is 6.31. The molecule has 0 unspecified atom stereocenters. The average Bonchev–Trinajstić information content (AvgIpc) is 2.65. The molecule has 28 heavy (non-hydrogen) atoms. The molecule has 0 fully saturated rings. The summed E-state index contributed by atoms with van der Waals surface area (Å²) >= 11 is 0. The van der Waals surface area contributed by atoms with Gasteiger partial charge in [0.25, 0.3) is 5.91 Å². The van der Waals surface area contributed by atoms with Gasteiger partial charge in [-0.2, -0.15) is 18.4 Å². The highest BCUT2D eigenvalue weighted by Gasteiger charge is 2.30. The minimum absolute atomic E-state index is 0.0705. The zero-order chi connectivity index (χ0) is 20.9. The van der Waals surface area contributed by atoms with Crippen LogP contribution in [0, 0.1) is 18.3 Å². The molecule has 0 aliphatic rings. The van der Waals surface area contributed by atoms with E-state index in [4.69, 9.17) is 9.47 Å². The lowest BCUT2D eigenvalue weighted by molar-refractivity contribution is -0.137. The zero-order valence-corrected chi connectivity index (χ0v) is 15.3. The predicted molar refractivity (Wildman–Crippen MR) is 97.9 cm³/mol. The first-order valence-corrected chi connectivity index (χ1v) is 8.03. The van der Waals surface area contributed by atoms with Gasteiger partial charge in [-0.05, 0) is 43.3 Å². The van der Waals surface area contributed by atoms with E-state index in [0.717, 1.165) is 12.1 Å². The fourth-order valence-electron chi connectivity index (χ4n) is 2.58. The van der Waals surface area contributed by atoms with Crippen molar-refractivity contribution in [1.29, 1.82) is 5.26 Å². The van der Waals surface area contributed by atoms with E-state index in [2.05, 4.69) is 5.32 Å². The van der Waals surface area contributed by atoms with Crippen LogP contribution < -0.4 is 14.8 Å². The molecule has 1 amide bonds. The second-order valence-corrected chi connectivity index (χ2v) is 5.72. The van der Waals surface area contributed by atoms with E-state index >= 15 is 0 Å². The first-order valence-electron chi connectivity index (χ1n) is 8.03.